The zero-order valence-electron chi connectivity index (χ0n) is 12.2. The minimum Gasteiger partial charge on any atom is -0.356 e. The van der Waals surface area contributed by atoms with E-state index in [1.807, 2.05) is 24.3 Å². The lowest BCUT2D eigenvalue weighted by atomic mass is 9.89. The van der Waals surface area contributed by atoms with E-state index in [0.717, 1.165) is 30.1 Å². The highest BCUT2D eigenvalue weighted by molar-refractivity contribution is 6.01. The summed E-state index contributed by atoms with van der Waals surface area (Å²) in [6, 6.07) is 7.57. The van der Waals surface area contributed by atoms with Crippen LogP contribution in [0, 0.1) is 5.92 Å². The monoisotopic (exact) mass is 286 g/mol. The standard InChI is InChI=1S/C17H22N2O2/c20-16-11-14(13-7-3-4-8-15(13)19-16)17(21)18-10-9-12-5-1-2-6-12/h3-4,7-8,12,14H,1-2,5-6,9-11H2,(H,18,21)(H,19,20)/t14-/m1/s1. The molecule has 112 valence electrons. The highest BCUT2D eigenvalue weighted by Crippen LogP contribution is 2.32. The molecule has 2 aliphatic rings. The molecule has 0 unspecified atom stereocenters. The summed E-state index contributed by atoms with van der Waals surface area (Å²) >= 11 is 0. The summed E-state index contributed by atoms with van der Waals surface area (Å²) in [5.74, 6) is 0.325. The van der Waals surface area contributed by atoms with E-state index in [1.54, 1.807) is 0 Å². The van der Waals surface area contributed by atoms with Gasteiger partial charge in [-0.15, -0.1) is 0 Å². The van der Waals surface area contributed by atoms with Crippen LogP contribution in [0.3, 0.4) is 0 Å². The molecular weight excluding hydrogens is 264 g/mol. The van der Waals surface area contributed by atoms with Crippen LogP contribution in [0.15, 0.2) is 24.3 Å². The number of anilines is 1. The highest BCUT2D eigenvalue weighted by Gasteiger charge is 2.30. The third-order valence-corrected chi connectivity index (χ3v) is 4.64. The fourth-order valence-corrected chi connectivity index (χ4v) is 3.47. The molecule has 1 aromatic carbocycles. The Hall–Kier alpha value is -1.84. The van der Waals surface area contributed by atoms with Crippen LogP contribution in [0.25, 0.3) is 0 Å². The average Bonchev–Trinajstić information content (AvgIpc) is 2.99. The summed E-state index contributed by atoms with van der Waals surface area (Å²) < 4.78 is 0. The first-order chi connectivity index (χ1) is 10.2. The lowest BCUT2D eigenvalue weighted by Crippen LogP contribution is -2.35. The van der Waals surface area contributed by atoms with Gasteiger partial charge in [0.25, 0.3) is 0 Å². The van der Waals surface area contributed by atoms with Gasteiger partial charge < -0.3 is 10.6 Å². The van der Waals surface area contributed by atoms with Crippen LogP contribution in [-0.2, 0) is 9.59 Å². The number of para-hydroxylation sites is 1. The molecule has 1 heterocycles. The molecule has 3 rings (SSSR count). The summed E-state index contributed by atoms with van der Waals surface area (Å²) in [7, 11) is 0. The van der Waals surface area contributed by atoms with Crippen molar-refractivity contribution in [2.45, 2.75) is 44.4 Å². The Morgan fingerprint density at radius 2 is 2.00 bits per heavy atom. The first-order valence-corrected chi connectivity index (χ1v) is 7.90. The minimum absolute atomic E-state index is 0.0182. The van der Waals surface area contributed by atoms with Gasteiger partial charge in [-0.3, -0.25) is 9.59 Å². The van der Waals surface area contributed by atoms with Gasteiger partial charge in [0.1, 0.15) is 0 Å². The number of benzene rings is 1. The van der Waals surface area contributed by atoms with Crippen molar-refractivity contribution in [3.8, 4) is 0 Å². The second kappa shape index (κ2) is 6.29. The summed E-state index contributed by atoms with van der Waals surface area (Å²) in [4.78, 5) is 24.1. The van der Waals surface area contributed by atoms with Gasteiger partial charge in [-0.25, -0.2) is 0 Å². The van der Waals surface area contributed by atoms with Crippen LogP contribution >= 0.6 is 0 Å². The van der Waals surface area contributed by atoms with Crippen molar-refractivity contribution < 1.29 is 9.59 Å². The van der Waals surface area contributed by atoms with Crippen molar-refractivity contribution in [1.82, 2.24) is 5.32 Å². The van der Waals surface area contributed by atoms with Crippen LogP contribution < -0.4 is 10.6 Å². The predicted molar refractivity (Wildman–Crippen MR) is 82.0 cm³/mol. The molecule has 0 radical (unpaired) electrons. The van der Waals surface area contributed by atoms with Crippen molar-refractivity contribution in [2.75, 3.05) is 11.9 Å². The fraction of sp³-hybridized carbons (Fsp3) is 0.529. The largest absolute Gasteiger partial charge is 0.356 e. The smallest absolute Gasteiger partial charge is 0.228 e. The number of carbonyl (C=O) groups is 2. The molecule has 0 aromatic heterocycles. The van der Waals surface area contributed by atoms with E-state index in [4.69, 9.17) is 0 Å². The maximum Gasteiger partial charge on any atom is 0.228 e. The lowest BCUT2D eigenvalue weighted by molar-refractivity contribution is -0.126. The van der Waals surface area contributed by atoms with E-state index >= 15 is 0 Å². The molecule has 1 atom stereocenters. The predicted octanol–water partition coefficient (Wildman–Crippen LogP) is 2.81. The van der Waals surface area contributed by atoms with E-state index < -0.39 is 0 Å². The molecule has 0 saturated heterocycles. The molecule has 1 aliphatic carbocycles. The number of carbonyl (C=O) groups excluding carboxylic acids is 2. The molecule has 0 spiro atoms. The van der Waals surface area contributed by atoms with Gasteiger partial charge in [-0.2, -0.15) is 0 Å². The molecule has 1 saturated carbocycles. The van der Waals surface area contributed by atoms with E-state index in [2.05, 4.69) is 10.6 Å². The maximum atomic E-state index is 12.4. The van der Waals surface area contributed by atoms with Crippen molar-refractivity contribution in [3.05, 3.63) is 29.8 Å². The van der Waals surface area contributed by atoms with Crippen molar-refractivity contribution in [3.63, 3.8) is 0 Å². The van der Waals surface area contributed by atoms with Crippen molar-refractivity contribution in [1.29, 1.82) is 0 Å². The van der Waals surface area contributed by atoms with Crippen LogP contribution in [0.5, 0.6) is 0 Å². The molecule has 2 N–H and O–H groups in total. The number of amides is 2. The molecular formula is C17H22N2O2. The van der Waals surface area contributed by atoms with Gasteiger partial charge in [0.15, 0.2) is 0 Å². The van der Waals surface area contributed by atoms with Gasteiger partial charge in [-0.05, 0) is 24.0 Å². The van der Waals surface area contributed by atoms with Crippen molar-refractivity contribution >= 4 is 17.5 Å². The summed E-state index contributed by atoms with van der Waals surface area (Å²) in [5.41, 5.74) is 1.69. The second-order valence-electron chi connectivity index (χ2n) is 6.12. The van der Waals surface area contributed by atoms with Crippen molar-refractivity contribution in [2.24, 2.45) is 5.92 Å². The van der Waals surface area contributed by atoms with E-state index in [-0.39, 0.29) is 24.2 Å². The summed E-state index contributed by atoms with van der Waals surface area (Å²) in [6.45, 7) is 0.726. The number of hydrogen-bond donors (Lipinski definition) is 2. The first kappa shape index (κ1) is 14.1. The third-order valence-electron chi connectivity index (χ3n) is 4.64. The van der Waals surface area contributed by atoms with E-state index in [1.165, 1.54) is 25.7 Å². The Labute approximate surface area is 125 Å². The number of hydrogen-bond acceptors (Lipinski definition) is 2. The minimum atomic E-state index is -0.349. The maximum absolute atomic E-state index is 12.4. The Morgan fingerprint density at radius 1 is 1.24 bits per heavy atom. The molecule has 4 nitrogen and oxygen atoms in total. The zero-order valence-corrected chi connectivity index (χ0v) is 12.2. The molecule has 1 aliphatic heterocycles. The van der Waals surface area contributed by atoms with E-state index in [0.29, 0.717) is 0 Å². The number of nitrogens with one attached hydrogen (secondary N) is 2. The second-order valence-corrected chi connectivity index (χ2v) is 6.12. The molecule has 2 amide bonds. The Kier molecular flexibility index (Phi) is 4.23. The Bertz CT molecular complexity index is 535. The first-order valence-electron chi connectivity index (χ1n) is 7.90. The topological polar surface area (TPSA) is 58.2 Å². The average molecular weight is 286 g/mol. The molecule has 4 heteroatoms. The zero-order chi connectivity index (χ0) is 14.7. The molecule has 1 fully saturated rings. The quantitative estimate of drug-likeness (QED) is 0.894. The fourth-order valence-electron chi connectivity index (χ4n) is 3.47. The highest BCUT2D eigenvalue weighted by atomic mass is 16.2. The van der Waals surface area contributed by atoms with Gasteiger partial charge in [0.05, 0.1) is 5.92 Å². The van der Waals surface area contributed by atoms with Crippen LogP contribution in [0.2, 0.25) is 0 Å². The van der Waals surface area contributed by atoms with Crippen LogP contribution in [0.1, 0.15) is 50.0 Å². The van der Waals surface area contributed by atoms with Crippen LogP contribution in [0.4, 0.5) is 5.69 Å². The Balaban J connectivity index is 1.60. The molecule has 1 aromatic rings. The number of rotatable bonds is 4. The van der Waals surface area contributed by atoms with E-state index in [9.17, 15) is 9.59 Å². The summed E-state index contributed by atoms with van der Waals surface area (Å²) in [5, 5.41) is 5.85. The SMILES string of the molecule is O=C1C[C@@H](C(=O)NCCC2CCCC2)c2ccccc2N1. The molecule has 0 bridgehead atoms. The van der Waals surface area contributed by atoms with Crippen LogP contribution in [-0.4, -0.2) is 18.4 Å². The third kappa shape index (κ3) is 3.26. The van der Waals surface area contributed by atoms with Gasteiger partial charge in [0.2, 0.25) is 11.8 Å². The van der Waals surface area contributed by atoms with Gasteiger partial charge >= 0.3 is 0 Å². The molecule has 21 heavy (non-hydrogen) atoms. The van der Waals surface area contributed by atoms with Gasteiger partial charge in [-0.1, -0.05) is 43.9 Å². The van der Waals surface area contributed by atoms with Gasteiger partial charge in [0, 0.05) is 18.7 Å². The Morgan fingerprint density at radius 3 is 2.81 bits per heavy atom. The lowest BCUT2D eigenvalue weighted by Gasteiger charge is -2.25. The normalized spacial score (nSPS) is 21.7. The number of fused-ring (bicyclic) bond motifs is 1. The summed E-state index contributed by atoms with van der Waals surface area (Å²) in [6.07, 6.45) is 6.55.